The van der Waals surface area contributed by atoms with Gasteiger partial charge in [0.2, 0.25) is 0 Å². The maximum Gasteiger partial charge on any atom is 0.120 e. The van der Waals surface area contributed by atoms with Crippen LogP contribution in [0, 0.1) is 0 Å². The number of carbonyl (C=O) groups excluding carboxylic acids is 1. The highest BCUT2D eigenvalue weighted by atomic mass is 16.1. The highest BCUT2D eigenvalue weighted by Crippen LogP contribution is 2.07. The number of carbonyl (C=O) groups is 1. The predicted molar refractivity (Wildman–Crippen MR) is 53.2 cm³/mol. The molecule has 1 heteroatoms. The van der Waals surface area contributed by atoms with Crippen molar-refractivity contribution >= 4 is 6.29 Å². The molecular formula is C11H20O. The largest absolute Gasteiger partial charge is 0.303 e. The summed E-state index contributed by atoms with van der Waals surface area (Å²) in [4.78, 5) is 10.1. The Morgan fingerprint density at radius 1 is 1.25 bits per heavy atom. The van der Waals surface area contributed by atoms with Crippen molar-refractivity contribution in [3.05, 3.63) is 11.6 Å². The molecule has 0 aromatic rings. The summed E-state index contributed by atoms with van der Waals surface area (Å²) in [6.45, 7) is 4.32. The highest BCUT2D eigenvalue weighted by molar-refractivity contribution is 5.49. The molecule has 0 aromatic heterocycles. The molecule has 0 saturated carbocycles. The van der Waals surface area contributed by atoms with Crippen LogP contribution in [0.4, 0.5) is 0 Å². The van der Waals surface area contributed by atoms with Gasteiger partial charge in [0, 0.05) is 6.42 Å². The van der Waals surface area contributed by atoms with Gasteiger partial charge in [-0.3, -0.25) is 0 Å². The second-order valence-corrected chi connectivity index (χ2v) is 3.25. The van der Waals surface area contributed by atoms with Crippen LogP contribution in [0.3, 0.4) is 0 Å². The first kappa shape index (κ1) is 11.4. The molecule has 0 aromatic carbocycles. The summed E-state index contributed by atoms with van der Waals surface area (Å²) >= 11 is 0. The molecule has 0 atom stereocenters. The van der Waals surface area contributed by atoms with E-state index in [1.807, 2.05) is 0 Å². The minimum atomic E-state index is 0.677. The molecule has 70 valence electrons. The minimum absolute atomic E-state index is 0.677. The average molecular weight is 168 g/mol. The van der Waals surface area contributed by atoms with E-state index in [0.29, 0.717) is 6.42 Å². The first-order chi connectivity index (χ1) is 5.81. The third-order valence-corrected chi connectivity index (χ3v) is 1.96. The van der Waals surface area contributed by atoms with Gasteiger partial charge in [-0.15, -0.1) is 0 Å². The van der Waals surface area contributed by atoms with Crippen molar-refractivity contribution in [1.29, 1.82) is 0 Å². The van der Waals surface area contributed by atoms with Crippen molar-refractivity contribution in [3.8, 4) is 0 Å². The van der Waals surface area contributed by atoms with Crippen LogP contribution in [-0.2, 0) is 4.79 Å². The Balaban J connectivity index is 3.34. The number of allylic oxidation sites excluding steroid dienone is 2. The second-order valence-electron chi connectivity index (χ2n) is 3.25. The van der Waals surface area contributed by atoms with Crippen molar-refractivity contribution < 1.29 is 4.79 Å². The van der Waals surface area contributed by atoms with Gasteiger partial charge in [-0.2, -0.15) is 0 Å². The zero-order valence-electron chi connectivity index (χ0n) is 8.31. The third-order valence-electron chi connectivity index (χ3n) is 1.96. The van der Waals surface area contributed by atoms with Crippen LogP contribution < -0.4 is 0 Å². The van der Waals surface area contributed by atoms with Crippen LogP contribution in [0.2, 0.25) is 0 Å². The summed E-state index contributed by atoms with van der Waals surface area (Å²) < 4.78 is 0. The van der Waals surface area contributed by atoms with Crippen LogP contribution in [0.25, 0.3) is 0 Å². The van der Waals surface area contributed by atoms with E-state index in [1.54, 1.807) is 0 Å². The van der Waals surface area contributed by atoms with Gasteiger partial charge in [-0.25, -0.2) is 0 Å². The molecule has 0 saturated heterocycles. The first-order valence-corrected chi connectivity index (χ1v) is 4.90. The number of hydrogen-bond donors (Lipinski definition) is 0. The van der Waals surface area contributed by atoms with E-state index in [9.17, 15) is 4.79 Å². The van der Waals surface area contributed by atoms with Crippen molar-refractivity contribution in [2.45, 2.75) is 52.4 Å². The molecule has 0 aliphatic rings. The van der Waals surface area contributed by atoms with E-state index in [0.717, 1.165) is 12.7 Å². The lowest BCUT2D eigenvalue weighted by molar-refractivity contribution is -0.107. The van der Waals surface area contributed by atoms with E-state index in [1.165, 1.54) is 31.3 Å². The van der Waals surface area contributed by atoms with Crippen LogP contribution in [0.1, 0.15) is 52.4 Å². The van der Waals surface area contributed by atoms with Crippen LogP contribution in [0.15, 0.2) is 11.6 Å². The molecule has 0 heterocycles. The fourth-order valence-corrected chi connectivity index (χ4v) is 1.13. The second kappa shape index (κ2) is 8.51. The molecule has 0 aliphatic heterocycles. The predicted octanol–water partition coefficient (Wildman–Crippen LogP) is 3.49. The summed E-state index contributed by atoms with van der Waals surface area (Å²) in [5.41, 5.74) is 1.36. The molecular weight excluding hydrogens is 148 g/mol. The zero-order chi connectivity index (χ0) is 9.23. The SMILES string of the molecule is CCCCCC=C(C)CCC=O. The van der Waals surface area contributed by atoms with Crippen molar-refractivity contribution in [2.75, 3.05) is 0 Å². The lowest BCUT2D eigenvalue weighted by Gasteiger charge is -1.97. The average Bonchev–Trinajstić information content (AvgIpc) is 2.09. The maximum absolute atomic E-state index is 10.1. The smallest absolute Gasteiger partial charge is 0.120 e. The molecule has 0 aliphatic carbocycles. The Morgan fingerprint density at radius 2 is 2.00 bits per heavy atom. The van der Waals surface area contributed by atoms with Gasteiger partial charge in [0.05, 0.1) is 0 Å². The zero-order valence-corrected chi connectivity index (χ0v) is 8.31. The van der Waals surface area contributed by atoms with Gasteiger partial charge in [0.25, 0.3) is 0 Å². The van der Waals surface area contributed by atoms with Crippen molar-refractivity contribution in [3.63, 3.8) is 0 Å². The lowest BCUT2D eigenvalue weighted by Crippen LogP contribution is -1.80. The third kappa shape index (κ3) is 7.52. The van der Waals surface area contributed by atoms with E-state index in [-0.39, 0.29) is 0 Å². The quantitative estimate of drug-likeness (QED) is 0.323. The van der Waals surface area contributed by atoms with Gasteiger partial charge in [0.15, 0.2) is 0 Å². The Labute approximate surface area is 75.9 Å². The summed E-state index contributed by atoms with van der Waals surface area (Å²) in [5, 5.41) is 0. The van der Waals surface area contributed by atoms with Crippen molar-refractivity contribution in [2.24, 2.45) is 0 Å². The number of rotatable bonds is 7. The molecule has 1 nitrogen and oxygen atoms in total. The van der Waals surface area contributed by atoms with Crippen LogP contribution in [0.5, 0.6) is 0 Å². The van der Waals surface area contributed by atoms with E-state index < -0.39 is 0 Å². The minimum Gasteiger partial charge on any atom is -0.303 e. The maximum atomic E-state index is 10.1. The topological polar surface area (TPSA) is 17.1 Å². The van der Waals surface area contributed by atoms with Gasteiger partial charge in [0.1, 0.15) is 6.29 Å². The molecule has 0 fully saturated rings. The summed E-state index contributed by atoms with van der Waals surface area (Å²) in [5.74, 6) is 0. The molecule has 0 bridgehead atoms. The normalized spacial score (nSPS) is 11.7. The number of hydrogen-bond acceptors (Lipinski definition) is 1. The number of unbranched alkanes of at least 4 members (excludes halogenated alkanes) is 3. The fourth-order valence-electron chi connectivity index (χ4n) is 1.13. The molecule has 0 unspecified atom stereocenters. The van der Waals surface area contributed by atoms with Gasteiger partial charge in [-0.1, -0.05) is 31.4 Å². The van der Waals surface area contributed by atoms with Gasteiger partial charge >= 0.3 is 0 Å². The van der Waals surface area contributed by atoms with Gasteiger partial charge in [-0.05, 0) is 26.2 Å². The Morgan fingerprint density at radius 3 is 2.58 bits per heavy atom. The summed E-state index contributed by atoms with van der Waals surface area (Å²) in [6.07, 6.45) is 9.93. The molecule has 0 amide bonds. The van der Waals surface area contributed by atoms with Gasteiger partial charge < -0.3 is 4.79 Å². The van der Waals surface area contributed by atoms with E-state index >= 15 is 0 Å². The Hall–Kier alpha value is -0.590. The van der Waals surface area contributed by atoms with E-state index in [4.69, 9.17) is 0 Å². The summed E-state index contributed by atoms with van der Waals surface area (Å²) in [6, 6.07) is 0. The lowest BCUT2D eigenvalue weighted by atomic mass is 10.1. The molecule has 0 spiro atoms. The summed E-state index contributed by atoms with van der Waals surface area (Å²) in [7, 11) is 0. The molecule has 0 rings (SSSR count). The first-order valence-electron chi connectivity index (χ1n) is 4.90. The van der Waals surface area contributed by atoms with Crippen LogP contribution >= 0.6 is 0 Å². The Kier molecular flexibility index (Phi) is 8.09. The monoisotopic (exact) mass is 168 g/mol. The molecule has 0 radical (unpaired) electrons. The molecule has 12 heavy (non-hydrogen) atoms. The standard InChI is InChI=1S/C11H20O/c1-3-4-5-6-8-11(2)9-7-10-12/h8,10H,3-7,9H2,1-2H3. The Bertz CT molecular complexity index is 136. The number of aldehydes is 1. The van der Waals surface area contributed by atoms with E-state index in [2.05, 4.69) is 19.9 Å². The molecule has 0 N–H and O–H groups in total. The van der Waals surface area contributed by atoms with Crippen molar-refractivity contribution in [1.82, 2.24) is 0 Å². The fraction of sp³-hybridized carbons (Fsp3) is 0.727. The van der Waals surface area contributed by atoms with Crippen LogP contribution in [-0.4, -0.2) is 6.29 Å². The highest BCUT2D eigenvalue weighted by Gasteiger charge is 1.89.